The zero-order chi connectivity index (χ0) is 14.5. The third-order valence-electron chi connectivity index (χ3n) is 3.80. The maximum Gasteiger partial charge on any atom is 0.227 e. The lowest BCUT2D eigenvalue weighted by atomic mass is 9.95. The highest BCUT2D eigenvalue weighted by molar-refractivity contribution is 6.31. The molecule has 1 N–H and O–H groups in total. The summed E-state index contributed by atoms with van der Waals surface area (Å²) in [6, 6.07) is 5.55. The van der Waals surface area contributed by atoms with Gasteiger partial charge in [0.25, 0.3) is 0 Å². The minimum atomic E-state index is 0.0578. The summed E-state index contributed by atoms with van der Waals surface area (Å²) < 4.78 is 0. The summed E-state index contributed by atoms with van der Waals surface area (Å²) in [5.74, 6) is 2.78. The van der Waals surface area contributed by atoms with E-state index in [0.29, 0.717) is 11.6 Å². The number of halogens is 1. The molecule has 2 rings (SSSR count). The number of likely N-dealkylation sites (tertiary alicyclic amines) is 1. The molecule has 4 heteroatoms. The smallest absolute Gasteiger partial charge is 0.227 e. The van der Waals surface area contributed by atoms with E-state index in [1.807, 2.05) is 25.1 Å². The van der Waals surface area contributed by atoms with Crippen LogP contribution in [0.1, 0.15) is 18.4 Å². The maximum atomic E-state index is 12.3. The van der Waals surface area contributed by atoms with Gasteiger partial charge in [-0.05, 0) is 50.6 Å². The average molecular weight is 291 g/mol. The Morgan fingerprint density at radius 1 is 1.50 bits per heavy atom. The van der Waals surface area contributed by atoms with Gasteiger partial charge in [-0.15, -0.1) is 6.42 Å². The van der Waals surface area contributed by atoms with Gasteiger partial charge in [0.2, 0.25) is 5.91 Å². The largest absolute Gasteiger partial charge is 0.326 e. The lowest BCUT2D eigenvalue weighted by Crippen LogP contribution is -2.38. The molecule has 106 valence electrons. The lowest BCUT2D eigenvalue weighted by Gasteiger charge is -2.29. The van der Waals surface area contributed by atoms with E-state index in [0.717, 1.165) is 37.2 Å². The van der Waals surface area contributed by atoms with E-state index in [1.54, 1.807) is 0 Å². The normalized spacial score (nSPS) is 16.6. The number of anilines is 1. The Labute approximate surface area is 125 Å². The summed E-state index contributed by atoms with van der Waals surface area (Å²) in [6.07, 6.45) is 7.01. The van der Waals surface area contributed by atoms with Crippen molar-refractivity contribution in [1.29, 1.82) is 0 Å². The van der Waals surface area contributed by atoms with Gasteiger partial charge in [-0.2, -0.15) is 0 Å². The molecule has 1 saturated heterocycles. The van der Waals surface area contributed by atoms with Gasteiger partial charge < -0.3 is 5.32 Å². The molecule has 0 unspecified atom stereocenters. The number of carbonyl (C=O) groups is 1. The second-order valence-electron chi connectivity index (χ2n) is 5.16. The van der Waals surface area contributed by atoms with Crippen molar-refractivity contribution in [2.45, 2.75) is 19.8 Å². The first-order valence-electron chi connectivity index (χ1n) is 6.83. The topological polar surface area (TPSA) is 32.3 Å². The minimum Gasteiger partial charge on any atom is -0.326 e. The van der Waals surface area contributed by atoms with Crippen LogP contribution in [-0.4, -0.2) is 30.4 Å². The van der Waals surface area contributed by atoms with Crippen LogP contribution >= 0.6 is 11.6 Å². The molecule has 1 fully saturated rings. The minimum absolute atomic E-state index is 0.0578. The van der Waals surface area contributed by atoms with Crippen molar-refractivity contribution in [1.82, 2.24) is 4.90 Å². The van der Waals surface area contributed by atoms with E-state index in [-0.39, 0.29) is 11.8 Å². The molecular formula is C16H19ClN2O. The molecule has 0 bridgehead atoms. The summed E-state index contributed by atoms with van der Waals surface area (Å²) in [6.45, 7) is 4.35. The Kier molecular flexibility index (Phi) is 5.05. The van der Waals surface area contributed by atoms with E-state index in [9.17, 15) is 4.79 Å². The molecule has 1 heterocycles. The van der Waals surface area contributed by atoms with Gasteiger partial charge in [-0.25, -0.2) is 0 Å². The van der Waals surface area contributed by atoms with Crippen molar-refractivity contribution >= 4 is 23.2 Å². The summed E-state index contributed by atoms with van der Waals surface area (Å²) in [7, 11) is 0. The third-order valence-corrected chi connectivity index (χ3v) is 4.21. The fraction of sp³-hybridized carbons (Fsp3) is 0.438. The first-order valence-corrected chi connectivity index (χ1v) is 7.21. The molecule has 1 aromatic carbocycles. The monoisotopic (exact) mass is 290 g/mol. The van der Waals surface area contributed by atoms with Crippen LogP contribution in [0, 0.1) is 25.2 Å². The molecule has 0 aromatic heterocycles. The molecule has 1 aliphatic heterocycles. The number of terminal acetylenes is 1. The van der Waals surface area contributed by atoms with Gasteiger partial charge in [0.05, 0.1) is 6.54 Å². The Bertz CT molecular complexity index is 528. The summed E-state index contributed by atoms with van der Waals surface area (Å²) in [5, 5.41) is 3.66. The highest BCUT2D eigenvalue weighted by atomic mass is 35.5. The first-order chi connectivity index (χ1) is 9.61. The number of nitrogens with one attached hydrogen (secondary N) is 1. The van der Waals surface area contributed by atoms with Gasteiger partial charge in [-0.3, -0.25) is 9.69 Å². The molecule has 1 amide bonds. The van der Waals surface area contributed by atoms with E-state index in [2.05, 4.69) is 16.1 Å². The molecule has 0 atom stereocenters. The number of amides is 1. The number of rotatable bonds is 3. The van der Waals surface area contributed by atoms with Crippen LogP contribution < -0.4 is 5.32 Å². The molecular weight excluding hydrogens is 272 g/mol. The predicted molar refractivity (Wildman–Crippen MR) is 82.8 cm³/mol. The zero-order valence-electron chi connectivity index (χ0n) is 11.7. The molecule has 3 nitrogen and oxygen atoms in total. The third kappa shape index (κ3) is 3.53. The average Bonchev–Trinajstić information content (AvgIpc) is 2.45. The van der Waals surface area contributed by atoms with Gasteiger partial charge in [0.1, 0.15) is 0 Å². The van der Waals surface area contributed by atoms with E-state index < -0.39 is 0 Å². The fourth-order valence-electron chi connectivity index (χ4n) is 2.46. The number of nitrogens with zero attached hydrogens (tertiary/aromatic N) is 1. The van der Waals surface area contributed by atoms with Crippen LogP contribution in [0.15, 0.2) is 18.2 Å². The van der Waals surface area contributed by atoms with Crippen molar-refractivity contribution < 1.29 is 4.79 Å². The van der Waals surface area contributed by atoms with Crippen molar-refractivity contribution in [2.75, 3.05) is 25.0 Å². The number of hydrogen-bond acceptors (Lipinski definition) is 2. The van der Waals surface area contributed by atoms with Crippen molar-refractivity contribution in [3.63, 3.8) is 0 Å². The second-order valence-corrected chi connectivity index (χ2v) is 5.56. The molecule has 1 aliphatic rings. The molecule has 20 heavy (non-hydrogen) atoms. The first kappa shape index (κ1) is 14.9. The van der Waals surface area contributed by atoms with Crippen LogP contribution in [0.3, 0.4) is 0 Å². The second kappa shape index (κ2) is 6.78. The number of hydrogen-bond donors (Lipinski definition) is 1. The Morgan fingerprint density at radius 3 is 2.85 bits per heavy atom. The van der Waals surface area contributed by atoms with Crippen molar-refractivity contribution in [3.8, 4) is 12.3 Å². The summed E-state index contributed by atoms with van der Waals surface area (Å²) in [4.78, 5) is 14.5. The number of benzene rings is 1. The highest BCUT2D eigenvalue weighted by Crippen LogP contribution is 2.25. The van der Waals surface area contributed by atoms with Gasteiger partial charge in [-0.1, -0.05) is 23.6 Å². The van der Waals surface area contributed by atoms with Crippen LogP contribution in [0.4, 0.5) is 5.69 Å². The van der Waals surface area contributed by atoms with Gasteiger partial charge >= 0.3 is 0 Å². The summed E-state index contributed by atoms with van der Waals surface area (Å²) in [5.41, 5.74) is 1.71. The van der Waals surface area contributed by atoms with Crippen LogP contribution in [-0.2, 0) is 4.79 Å². The fourth-order valence-corrected chi connectivity index (χ4v) is 2.63. The predicted octanol–water partition coefficient (Wildman–Crippen LogP) is 2.93. The lowest BCUT2D eigenvalue weighted by molar-refractivity contribution is -0.121. The van der Waals surface area contributed by atoms with E-state index in [1.165, 1.54) is 0 Å². The van der Waals surface area contributed by atoms with Crippen molar-refractivity contribution in [3.05, 3.63) is 28.8 Å². The SMILES string of the molecule is C#CCN1CCC(C(=O)Nc2cccc(Cl)c2C)CC1. The highest BCUT2D eigenvalue weighted by Gasteiger charge is 2.24. The van der Waals surface area contributed by atoms with E-state index in [4.69, 9.17) is 18.0 Å². The molecule has 0 aliphatic carbocycles. The van der Waals surface area contributed by atoms with Gasteiger partial charge in [0, 0.05) is 16.6 Å². The standard InChI is InChI=1S/C16H19ClN2O/c1-3-9-19-10-7-13(8-11-19)16(20)18-15-6-4-5-14(17)12(15)2/h1,4-6,13H,7-11H2,2H3,(H,18,20). The van der Waals surface area contributed by atoms with Crippen LogP contribution in [0.5, 0.6) is 0 Å². The molecule has 1 aromatic rings. The zero-order valence-corrected chi connectivity index (χ0v) is 12.4. The molecule has 0 spiro atoms. The Hall–Kier alpha value is -1.50. The van der Waals surface area contributed by atoms with Crippen LogP contribution in [0.2, 0.25) is 5.02 Å². The van der Waals surface area contributed by atoms with E-state index >= 15 is 0 Å². The molecule has 0 saturated carbocycles. The summed E-state index contributed by atoms with van der Waals surface area (Å²) >= 11 is 6.06. The van der Waals surface area contributed by atoms with Crippen LogP contribution in [0.25, 0.3) is 0 Å². The Morgan fingerprint density at radius 2 is 2.20 bits per heavy atom. The molecule has 0 radical (unpaired) electrons. The number of carbonyl (C=O) groups excluding carboxylic acids is 1. The Balaban J connectivity index is 1.93. The van der Waals surface area contributed by atoms with Crippen molar-refractivity contribution in [2.24, 2.45) is 5.92 Å². The van der Waals surface area contributed by atoms with Gasteiger partial charge in [0.15, 0.2) is 0 Å². The quantitative estimate of drug-likeness (QED) is 0.868. The number of piperidine rings is 1. The maximum absolute atomic E-state index is 12.3.